The molecule has 0 atom stereocenters. The van der Waals surface area contributed by atoms with Gasteiger partial charge in [-0.25, -0.2) is 14.8 Å². The Kier molecular flexibility index (Phi) is 3.92. The maximum Gasteiger partial charge on any atom is 0.352 e. The van der Waals surface area contributed by atoms with Crippen LogP contribution in [0.2, 0.25) is 0 Å². The quantitative estimate of drug-likeness (QED) is 0.565. The van der Waals surface area contributed by atoms with Gasteiger partial charge >= 0.3 is 5.97 Å². The second-order valence-electron chi connectivity index (χ2n) is 2.41. The maximum absolute atomic E-state index is 10.7. The van der Waals surface area contributed by atoms with Gasteiger partial charge in [0.15, 0.2) is 0 Å². The molecule has 0 aromatic carbocycles. The van der Waals surface area contributed by atoms with E-state index in [4.69, 9.17) is 10.5 Å². The van der Waals surface area contributed by atoms with Gasteiger partial charge in [0.2, 0.25) is 5.95 Å². The SMILES string of the molecule is N=C(Br)/C=C(\Nc1ncccn1)C(=O)O. The summed E-state index contributed by atoms with van der Waals surface area (Å²) >= 11 is 2.82. The Hall–Kier alpha value is -1.76. The molecule has 0 saturated heterocycles. The number of rotatable bonds is 4. The number of hydrogen-bond acceptors (Lipinski definition) is 5. The largest absolute Gasteiger partial charge is 0.477 e. The van der Waals surface area contributed by atoms with Gasteiger partial charge in [-0.15, -0.1) is 0 Å². The van der Waals surface area contributed by atoms with E-state index in [0.717, 1.165) is 6.08 Å². The molecule has 0 radical (unpaired) electrons. The molecule has 7 heteroatoms. The van der Waals surface area contributed by atoms with Crippen LogP contribution in [0.25, 0.3) is 0 Å². The predicted molar refractivity (Wildman–Crippen MR) is 58.0 cm³/mol. The molecule has 0 aliphatic rings. The fourth-order valence-corrected chi connectivity index (χ4v) is 0.991. The number of halogens is 1. The van der Waals surface area contributed by atoms with E-state index in [2.05, 4.69) is 31.2 Å². The van der Waals surface area contributed by atoms with Crippen LogP contribution in [0.15, 0.2) is 30.2 Å². The van der Waals surface area contributed by atoms with Crippen molar-refractivity contribution in [2.45, 2.75) is 0 Å². The van der Waals surface area contributed by atoms with Crippen LogP contribution in [-0.2, 0) is 4.79 Å². The molecule has 0 unspecified atom stereocenters. The standard InChI is InChI=1S/C8H7BrN4O2/c9-6(10)4-5(7(14)15)13-8-11-2-1-3-12-8/h1-4,10H,(H,14,15)(H,11,12,13)/b5-4-,10-6?. The average Bonchev–Trinajstić information content (AvgIpc) is 2.17. The smallest absolute Gasteiger partial charge is 0.352 e. The Morgan fingerprint density at radius 2 is 2.13 bits per heavy atom. The molecule has 0 spiro atoms. The minimum Gasteiger partial charge on any atom is -0.477 e. The van der Waals surface area contributed by atoms with Gasteiger partial charge in [-0.3, -0.25) is 5.41 Å². The molecule has 0 saturated carbocycles. The number of allylic oxidation sites excluding steroid dienone is 1. The summed E-state index contributed by atoms with van der Waals surface area (Å²) in [5, 5.41) is 18.3. The number of hydrogen-bond donors (Lipinski definition) is 3. The number of aliphatic carboxylic acids is 1. The first kappa shape index (κ1) is 11.3. The van der Waals surface area contributed by atoms with Crippen LogP contribution < -0.4 is 5.32 Å². The second kappa shape index (κ2) is 5.20. The lowest BCUT2D eigenvalue weighted by molar-refractivity contribution is -0.132. The van der Waals surface area contributed by atoms with Crippen molar-refractivity contribution in [3.8, 4) is 0 Å². The number of carboxylic acid groups (broad SMARTS) is 1. The average molecular weight is 271 g/mol. The maximum atomic E-state index is 10.7. The Balaban J connectivity index is 2.86. The summed E-state index contributed by atoms with van der Waals surface area (Å²) in [6.45, 7) is 0. The fourth-order valence-electron chi connectivity index (χ4n) is 0.762. The van der Waals surface area contributed by atoms with Crippen molar-refractivity contribution in [2.24, 2.45) is 0 Å². The second-order valence-corrected chi connectivity index (χ2v) is 3.26. The summed E-state index contributed by atoms with van der Waals surface area (Å²) in [6, 6.07) is 1.61. The zero-order chi connectivity index (χ0) is 11.3. The molecular formula is C8H7BrN4O2. The number of nitrogens with one attached hydrogen (secondary N) is 2. The van der Waals surface area contributed by atoms with E-state index in [1.54, 1.807) is 6.07 Å². The first-order valence-electron chi connectivity index (χ1n) is 3.82. The Labute approximate surface area is 93.7 Å². The third-order valence-electron chi connectivity index (χ3n) is 1.31. The highest BCUT2D eigenvalue weighted by molar-refractivity contribution is 9.18. The van der Waals surface area contributed by atoms with Gasteiger partial charge in [0.05, 0.1) is 4.62 Å². The molecule has 3 N–H and O–H groups in total. The van der Waals surface area contributed by atoms with E-state index in [-0.39, 0.29) is 16.3 Å². The lowest BCUT2D eigenvalue weighted by Crippen LogP contribution is -2.13. The highest BCUT2D eigenvalue weighted by Gasteiger charge is 2.08. The molecule has 6 nitrogen and oxygen atoms in total. The van der Waals surface area contributed by atoms with Gasteiger partial charge in [0.25, 0.3) is 0 Å². The van der Waals surface area contributed by atoms with E-state index >= 15 is 0 Å². The Bertz CT molecular complexity index is 404. The van der Waals surface area contributed by atoms with E-state index in [9.17, 15) is 4.79 Å². The van der Waals surface area contributed by atoms with Crippen LogP contribution in [0.4, 0.5) is 5.95 Å². The third kappa shape index (κ3) is 3.86. The van der Waals surface area contributed by atoms with Gasteiger partial charge in [0, 0.05) is 18.5 Å². The molecule has 1 heterocycles. The van der Waals surface area contributed by atoms with Gasteiger partial charge in [-0.05, 0) is 22.0 Å². The van der Waals surface area contributed by atoms with Crippen LogP contribution in [0.5, 0.6) is 0 Å². The van der Waals surface area contributed by atoms with Gasteiger partial charge in [0.1, 0.15) is 5.70 Å². The Morgan fingerprint density at radius 1 is 1.53 bits per heavy atom. The number of carboxylic acids is 1. The minimum absolute atomic E-state index is 0.0525. The van der Waals surface area contributed by atoms with Crippen molar-refractivity contribution in [2.75, 3.05) is 5.32 Å². The summed E-state index contributed by atoms with van der Waals surface area (Å²) < 4.78 is -0.0525. The highest BCUT2D eigenvalue weighted by Crippen LogP contribution is 2.03. The molecule has 1 aromatic rings. The highest BCUT2D eigenvalue weighted by atomic mass is 79.9. The number of carbonyl (C=O) groups is 1. The van der Waals surface area contributed by atoms with Crippen molar-refractivity contribution in [3.05, 3.63) is 30.2 Å². The summed E-state index contributed by atoms with van der Waals surface area (Å²) in [4.78, 5) is 18.3. The molecule has 0 fully saturated rings. The molecule has 1 aromatic heterocycles. The summed E-state index contributed by atoms with van der Waals surface area (Å²) in [5.41, 5.74) is -0.178. The molecule has 15 heavy (non-hydrogen) atoms. The molecule has 78 valence electrons. The topological polar surface area (TPSA) is 99.0 Å². The number of anilines is 1. The first-order chi connectivity index (χ1) is 7.09. The van der Waals surface area contributed by atoms with E-state index < -0.39 is 5.97 Å². The first-order valence-corrected chi connectivity index (χ1v) is 4.62. The van der Waals surface area contributed by atoms with Crippen LogP contribution in [-0.4, -0.2) is 25.7 Å². The molecular weight excluding hydrogens is 264 g/mol. The fraction of sp³-hybridized carbons (Fsp3) is 0. The monoisotopic (exact) mass is 270 g/mol. The normalized spacial score (nSPS) is 10.9. The summed E-state index contributed by atoms with van der Waals surface area (Å²) in [6.07, 6.45) is 4.07. The molecule has 1 rings (SSSR count). The van der Waals surface area contributed by atoms with Gasteiger partial charge in [-0.1, -0.05) is 0 Å². The lowest BCUT2D eigenvalue weighted by atomic mass is 10.4. The Morgan fingerprint density at radius 3 is 2.60 bits per heavy atom. The van der Waals surface area contributed by atoms with Crippen molar-refractivity contribution in [1.82, 2.24) is 9.97 Å². The van der Waals surface area contributed by atoms with Crippen molar-refractivity contribution in [1.29, 1.82) is 5.41 Å². The summed E-state index contributed by atoms with van der Waals surface area (Å²) in [5.74, 6) is -1.02. The van der Waals surface area contributed by atoms with Crippen LogP contribution in [0, 0.1) is 5.41 Å². The minimum atomic E-state index is -1.19. The van der Waals surface area contributed by atoms with Crippen LogP contribution >= 0.6 is 15.9 Å². The lowest BCUT2D eigenvalue weighted by Gasteiger charge is -2.03. The molecule has 0 amide bonds. The van der Waals surface area contributed by atoms with Gasteiger partial charge < -0.3 is 10.4 Å². The van der Waals surface area contributed by atoms with E-state index in [1.165, 1.54) is 12.4 Å². The van der Waals surface area contributed by atoms with E-state index in [1.807, 2.05) is 0 Å². The summed E-state index contributed by atoms with van der Waals surface area (Å²) in [7, 11) is 0. The van der Waals surface area contributed by atoms with Crippen molar-refractivity contribution in [3.63, 3.8) is 0 Å². The zero-order valence-corrected chi connectivity index (χ0v) is 9.02. The van der Waals surface area contributed by atoms with Crippen molar-refractivity contribution < 1.29 is 9.90 Å². The van der Waals surface area contributed by atoms with Crippen LogP contribution in [0.1, 0.15) is 0 Å². The van der Waals surface area contributed by atoms with E-state index in [0.29, 0.717) is 0 Å². The molecule has 0 bridgehead atoms. The number of nitrogens with zero attached hydrogens (tertiary/aromatic N) is 2. The van der Waals surface area contributed by atoms with Crippen LogP contribution in [0.3, 0.4) is 0 Å². The third-order valence-corrected chi connectivity index (χ3v) is 1.54. The molecule has 0 aliphatic heterocycles. The van der Waals surface area contributed by atoms with Crippen molar-refractivity contribution >= 4 is 32.5 Å². The number of aromatic nitrogens is 2. The zero-order valence-electron chi connectivity index (χ0n) is 7.44. The van der Waals surface area contributed by atoms with Gasteiger partial charge in [-0.2, -0.15) is 0 Å². The molecule has 0 aliphatic carbocycles. The predicted octanol–water partition coefficient (Wildman–Crippen LogP) is 1.23.